The van der Waals surface area contributed by atoms with E-state index in [4.69, 9.17) is 9.97 Å². The van der Waals surface area contributed by atoms with Crippen LogP contribution in [0.5, 0.6) is 0 Å². The minimum atomic E-state index is -1.40. The number of benzene rings is 6. The third-order valence-electron chi connectivity index (χ3n) is 9.27. The van der Waals surface area contributed by atoms with Crippen molar-refractivity contribution in [2.45, 2.75) is 19.6 Å². The lowest BCUT2D eigenvalue weighted by Gasteiger charge is -2.16. The van der Waals surface area contributed by atoms with Crippen LogP contribution in [-0.2, 0) is 0 Å². The first-order chi connectivity index (χ1) is 20.9. The van der Waals surface area contributed by atoms with Gasteiger partial charge in [0.25, 0.3) is 0 Å². The van der Waals surface area contributed by atoms with Crippen LogP contribution >= 0.6 is 0 Å². The Labute approximate surface area is 247 Å². The monoisotopic (exact) mass is 569 g/mol. The first kappa shape index (κ1) is 23.4. The Hall–Kier alpha value is -5.20. The second kappa shape index (κ2) is 7.79. The molecule has 204 valence electrons. The number of nitrogens with zero attached hydrogens (tertiary/aromatic N) is 5. The van der Waals surface area contributed by atoms with Crippen molar-refractivity contribution in [3.63, 3.8) is 0 Å². The van der Waals surface area contributed by atoms with Crippen molar-refractivity contribution in [1.29, 1.82) is 0 Å². The van der Waals surface area contributed by atoms with Gasteiger partial charge in [-0.1, -0.05) is 97.6 Å². The summed E-state index contributed by atoms with van der Waals surface area (Å²) in [7, 11) is -1.40. The summed E-state index contributed by atoms with van der Waals surface area (Å²) in [5, 5.41) is 6.30. The molecule has 0 radical (unpaired) electrons. The number of fused-ring (bicyclic) bond motifs is 12. The molecule has 5 nitrogen and oxygen atoms in total. The highest BCUT2D eigenvalue weighted by Crippen LogP contribution is 2.38. The topological polar surface area (TPSA) is 39.0 Å². The van der Waals surface area contributed by atoms with Gasteiger partial charge in [0.05, 0.1) is 41.2 Å². The van der Waals surface area contributed by atoms with Gasteiger partial charge >= 0.3 is 0 Å². The number of rotatable bonds is 2. The predicted octanol–water partition coefficient (Wildman–Crippen LogP) is 8.65. The summed E-state index contributed by atoms with van der Waals surface area (Å²) in [5.41, 5.74) is 10.1. The Bertz CT molecular complexity index is 2600. The average Bonchev–Trinajstić information content (AvgIpc) is 3.73. The van der Waals surface area contributed by atoms with Crippen LogP contribution in [0.2, 0.25) is 19.6 Å². The van der Waals surface area contributed by atoms with E-state index >= 15 is 0 Å². The standard InChI is InChI=1S/C37H27N5Si/c1-43(2,3)28-14-12-22(13-15-28)27-20-33-35-34(21-27)41-32-19-26-11-7-5-9-24(26)17-30(32)39-37(41)42(35)36-38-29-16-23-8-4-6-10-25(23)18-31(29)40(33)36/h4-21H,1-3H3. The Morgan fingerprint density at radius 3 is 1.40 bits per heavy atom. The van der Waals surface area contributed by atoms with Gasteiger partial charge in [-0.25, -0.2) is 14.4 Å². The Balaban J connectivity index is 1.39. The first-order valence-corrected chi connectivity index (χ1v) is 18.3. The van der Waals surface area contributed by atoms with Gasteiger partial charge < -0.3 is 0 Å². The van der Waals surface area contributed by atoms with E-state index in [1.54, 1.807) is 0 Å². The van der Waals surface area contributed by atoms with Gasteiger partial charge in [-0.3, -0.25) is 8.80 Å². The van der Waals surface area contributed by atoms with Gasteiger partial charge in [-0.15, -0.1) is 0 Å². The molecule has 0 aliphatic heterocycles. The van der Waals surface area contributed by atoms with Crippen molar-refractivity contribution in [3.8, 4) is 11.1 Å². The van der Waals surface area contributed by atoms with Crippen LogP contribution in [0.1, 0.15) is 0 Å². The van der Waals surface area contributed by atoms with Gasteiger partial charge in [-0.2, -0.15) is 0 Å². The molecular weight excluding hydrogens is 543 g/mol. The van der Waals surface area contributed by atoms with Gasteiger partial charge in [0.15, 0.2) is 0 Å². The van der Waals surface area contributed by atoms with E-state index < -0.39 is 8.07 Å². The van der Waals surface area contributed by atoms with Gasteiger partial charge in [0.2, 0.25) is 11.6 Å². The van der Waals surface area contributed by atoms with Crippen molar-refractivity contribution in [1.82, 2.24) is 23.2 Å². The molecule has 0 saturated carbocycles. The van der Waals surface area contributed by atoms with Crippen molar-refractivity contribution in [3.05, 3.63) is 109 Å². The quantitative estimate of drug-likeness (QED) is 0.195. The highest BCUT2D eigenvalue weighted by molar-refractivity contribution is 6.88. The third-order valence-corrected chi connectivity index (χ3v) is 11.3. The van der Waals surface area contributed by atoms with Crippen LogP contribution < -0.4 is 5.19 Å². The Kier molecular flexibility index (Phi) is 4.23. The molecule has 0 fully saturated rings. The Morgan fingerprint density at radius 1 is 0.465 bits per heavy atom. The second-order valence-corrected chi connectivity index (χ2v) is 18.0. The Morgan fingerprint density at radius 2 is 0.930 bits per heavy atom. The zero-order chi connectivity index (χ0) is 28.6. The van der Waals surface area contributed by atoms with Crippen LogP contribution in [0, 0.1) is 0 Å². The van der Waals surface area contributed by atoms with E-state index in [-0.39, 0.29) is 0 Å². The molecular formula is C37H27N5Si. The normalized spacial score (nSPS) is 13.0. The van der Waals surface area contributed by atoms with Crippen LogP contribution in [0.4, 0.5) is 0 Å². The van der Waals surface area contributed by atoms with E-state index in [1.165, 1.54) is 37.9 Å². The van der Waals surface area contributed by atoms with Crippen molar-refractivity contribution in [2.24, 2.45) is 0 Å². The van der Waals surface area contributed by atoms with Crippen LogP contribution in [0.3, 0.4) is 0 Å². The molecule has 0 amide bonds. The summed E-state index contributed by atoms with van der Waals surface area (Å²) in [6.45, 7) is 7.20. The smallest absolute Gasteiger partial charge is 0.223 e. The minimum Gasteiger partial charge on any atom is -0.276 e. The number of imidazole rings is 4. The fraction of sp³-hybridized carbons (Fsp3) is 0.0811. The lowest BCUT2D eigenvalue weighted by molar-refractivity contribution is 1.15. The molecule has 0 saturated heterocycles. The van der Waals surface area contributed by atoms with Gasteiger partial charge in [-0.05, 0) is 69.1 Å². The van der Waals surface area contributed by atoms with E-state index in [2.05, 4.69) is 142 Å². The van der Waals surface area contributed by atoms with Gasteiger partial charge in [0.1, 0.15) is 5.52 Å². The lowest BCUT2D eigenvalue weighted by Crippen LogP contribution is -2.37. The second-order valence-electron chi connectivity index (χ2n) is 12.9. The van der Waals surface area contributed by atoms with Crippen molar-refractivity contribution >= 4 is 85.0 Å². The molecule has 0 bridgehead atoms. The van der Waals surface area contributed by atoms with Crippen molar-refractivity contribution < 1.29 is 0 Å². The molecule has 0 aliphatic carbocycles. The molecule has 0 unspecified atom stereocenters. The SMILES string of the molecule is C[Si](C)(C)c1ccc(-c2cc3c4c(c2)n2c5cc6ccccc6cc5nc2n4c2nc4cc5ccccc5cc4n32)cc1. The highest BCUT2D eigenvalue weighted by atomic mass is 28.3. The van der Waals surface area contributed by atoms with Crippen molar-refractivity contribution in [2.75, 3.05) is 0 Å². The molecule has 4 heterocycles. The summed E-state index contributed by atoms with van der Waals surface area (Å²) in [4.78, 5) is 10.5. The third kappa shape index (κ3) is 3.05. The van der Waals surface area contributed by atoms with Crippen LogP contribution in [0.25, 0.3) is 82.8 Å². The molecule has 0 aliphatic rings. The lowest BCUT2D eigenvalue weighted by atomic mass is 10.0. The van der Waals surface area contributed by atoms with E-state index in [1.807, 2.05) is 0 Å². The molecule has 0 spiro atoms. The van der Waals surface area contributed by atoms with Crippen LogP contribution in [0.15, 0.2) is 109 Å². The maximum Gasteiger partial charge on any atom is 0.223 e. The number of hydrogen-bond donors (Lipinski definition) is 0. The molecule has 4 aromatic heterocycles. The maximum absolute atomic E-state index is 5.25. The maximum atomic E-state index is 5.25. The van der Waals surface area contributed by atoms with Gasteiger partial charge in [0, 0.05) is 0 Å². The summed E-state index contributed by atoms with van der Waals surface area (Å²) < 4.78 is 6.93. The van der Waals surface area contributed by atoms with E-state index in [0.29, 0.717) is 0 Å². The first-order valence-electron chi connectivity index (χ1n) is 14.8. The van der Waals surface area contributed by atoms with Crippen LogP contribution in [-0.4, -0.2) is 31.2 Å². The molecule has 43 heavy (non-hydrogen) atoms. The molecule has 10 aromatic rings. The predicted molar refractivity (Wildman–Crippen MR) is 182 cm³/mol. The number of aromatic nitrogens is 5. The summed E-state index contributed by atoms with van der Waals surface area (Å²) >= 11 is 0. The molecule has 0 N–H and O–H groups in total. The molecule has 10 rings (SSSR count). The highest BCUT2D eigenvalue weighted by Gasteiger charge is 2.25. The summed E-state index contributed by atoms with van der Waals surface area (Å²) in [6.07, 6.45) is 0. The van der Waals surface area contributed by atoms with E-state index in [9.17, 15) is 0 Å². The molecule has 6 heteroatoms. The number of hydrogen-bond acceptors (Lipinski definition) is 2. The zero-order valence-electron chi connectivity index (χ0n) is 24.1. The molecule has 0 atom stereocenters. The fourth-order valence-corrected chi connectivity index (χ4v) is 8.24. The van der Waals surface area contributed by atoms with E-state index in [0.717, 1.165) is 50.2 Å². The summed E-state index contributed by atoms with van der Waals surface area (Å²) in [5.74, 6) is 1.79. The zero-order valence-corrected chi connectivity index (χ0v) is 25.1. The fourth-order valence-electron chi connectivity index (χ4n) is 7.07. The largest absolute Gasteiger partial charge is 0.276 e. The molecule has 6 aromatic carbocycles. The summed E-state index contributed by atoms with van der Waals surface area (Å²) in [6, 6.07) is 40.0. The minimum absolute atomic E-state index is 0.895. The average molecular weight is 570 g/mol.